The van der Waals surface area contributed by atoms with Crippen molar-refractivity contribution >= 4 is 11.9 Å². The van der Waals surface area contributed by atoms with Crippen molar-refractivity contribution in [3.05, 3.63) is 12.2 Å². The second-order valence-electron chi connectivity index (χ2n) is 4.96. The lowest BCUT2D eigenvalue weighted by atomic mass is 9.89. The largest absolute Gasteiger partial charge is 0.481 e. The van der Waals surface area contributed by atoms with Crippen LogP contribution in [0, 0.1) is 5.41 Å². The Bertz CT molecular complexity index is 453. The molecule has 2 N–H and O–H groups in total. The van der Waals surface area contributed by atoms with Gasteiger partial charge >= 0.3 is 5.97 Å². The summed E-state index contributed by atoms with van der Waals surface area (Å²) < 4.78 is 1.70. The van der Waals surface area contributed by atoms with Gasteiger partial charge in [-0.15, -0.1) is 10.2 Å². The highest BCUT2D eigenvalue weighted by Gasteiger charge is 2.30. The molecule has 0 aliphatic carbocycles. The number of rotatable bonds is 5. The Morgan fingerprint density at radius 2 is 2.17 bits per heavy atom. The number of amides is 1. The number of carbonyl (C=O) groups excluding carboxylic acids is 1. The smallest absolute Gasteiger partial charge is 0.309 e. The Labute approximate surface area is 105 Å². The topological polar surface area (TPSA) is 97.1 Å². The van der Waals surface area contributed by atoms with Gasteiger partial charge in [0.2, 0.25) is 5.91 Å². The maximum absolute atomic E-state index is 11.7. The van der Waals surface area contributed by atoms with Gasteiger partial charge in [-0.2, -0.15) is 0 Å². The van der Waals surface area contributed by atoms with E-state index in [1.807, 2.05) is 0 Å². The Balaban J connectivity index is 2.61. The van der Waals surface area contributed by atoms with E-state index >= 15 is 0 Å². The molecule has 1 heterocycles. The van der Waals surface area contributed by atoms with Gasteiger partial charge in [-0.05, 0) is 20.8 Å². The molecule has 0 spiro atoms. The minimum atomic E-state index is -1.08. The van der Waals surface area contributed by atoms with Crippen molar-refractivity contribution in [3.8, 4) is 0 Å². The summed E-state index contributed by atoms with van der Waals surface area (Å²) in [5, 5.41) is 19.3. The van der Waals surface area contributed by atoms with Gasteiger partial charge in [-0.1, -0.05) is 0 Å². The number of nitrogens with one attached hydrogen (secondary N) is 1. The summed E-state index contributed by atoms with van der Waals surface area (Å²) in [4.78, 5) is 22.7. The molecule has 1 rings (SSSR count). The third-order valence-electron chi connectivity index (χ3n) is 2.69. The lowest BCUT2D eigenvalue weighted by Crippen LogP contribution is -2.35. The SMILES string of the molecule is CC(NC(=O)CC(C)(C)C(=O)O)c1nncn1C. The fourth-order valence-corrected chi connectivity index (χ4v) is 1.52. The van der Waals surface area contributed by atoms with Crippen LogP contribution in [0.25, 0.3) is 0 Å². The van der Waals surface area contributed by atoms with Crippen LogP contribution < -0.4 is 5.32 Å². The fourth-order valence-electron chi connectivity index (χ4n) is 1.52. The van der Waals surface area contributed by atoms with Gasteiger partial charge in [0.15, 0.2) is 5.82 Å². The van der Waals surface area contributed by atoms with Crippen LogP contribution >= 0.6 is 0 Å². The standard InChI is InChI=1S/C11H18N4O3/c1-7(9-14-12-6-15(9)4)13-8(16)5-11(2,3)10(17)18/h6-7H,5H2,1-4H3,(H,13,16)(H,17,18). The monoisotopic (exact) mass is 254 g/mol. The Hall–Kier alpha value is -1.92. The van der Waals surface area contributed by atoms with Crippen molar-refractivity contribution in [3.63, 3.8) is 0 Å². The van der Waals surface area contributed by atoms with E-state index < -0.39 is 11.4 Å². The number of aryl methyl sites for hydroxylation is 1. The van der Waals surface area contributed by atoms with E-state index in [2.05, 4.69) is 15.5 Å². The van der Waals surface area contributed by atoms with Gasteiger partial charge < -0.3 is 15.0 Å². The van der Waals surface area contributed by atoms with E-state index in [1.165, 1.54) is 13.8 Å². The first-order chi connectivity index (χ1) is 8.24. The summed E-state index contributed by atoms with van der Waals surface area (Å²) >= 11 is 0. The quantitative estimate of drug-likeness (QED) is 0.797. The van der Waals surface area contributed by atoms with Crippen molar-refractivity contribution in [2.24, 2.45) is 12.5 Å². The maximum atomic E-state index is 11.7. The first kappa shape index (κ1) is 14.1. The molecule has 0 fully saturated rings. The molecule has 1 unspecified atom stereocenters. The zero-order valence-corrected chi connectivity index (χ0v) is 11.0. The second kappa shape index (κ2) is 5.16. The van der Waals surface area contributed by atoms with E-state index in [0.717, 1.165) is 0 Å². The van der Waals surface area contributed by atoms with Crippen LogP contribution in [0.5, 0.6) is 0 Å². The minimum absolute atomic E-state index is 0.0788. The van der Waals surface area contributed by atoms with Crippen LogP contribution in [0.4, 0.5) is 0 Å². The number of hydrogen-bond donors (Lipinski definition) is 2. The number of carbonyl (C=O) groups is 2. The van der Waals surface area contributed by atoms with E-state index in [-0.39, 0.29) is 18.4 Å². The number of nitrogens with zero attached hydrogens (tertiary/aromatic N) is 3. The Morgan fingerprint density at radius 1 is 1.56 bits per heavy atom. The highest BCUT2D eigenvalue weighted by atomic mass is 16.4. The number of carboxylic acids is 1. The molecule has 1 atom stereocenters. The highest BCUT2D eigenvalue weighted by molar-refractivity contribution is 5.84. The first-order valence-electron chi connectivity index (χ1n) is 5.60. The molecule has 0 saturated heterocycles. The number of carboxylic acid groups (broad SMARTS) is 1. The molecule has 100 valence electrons. The molecule has 18 heavy (non-hydrogen) atoms. The summed E-state index contributed by atoms with van der Waals surface area (Å²) in [5.41, 5.74) is -1.08. The molecular weight excluding hydrogens is 236 g/mol. The van der Waals surface area contributed by atoms with E-state index in [9.17, 15) is 9.59 Å². The molecule has 0 radical (unpaired) electrons. The molecule has 7 heteroatoms. The molecule has 0 bridgehead atoms. The van der Waals surface area contributed by atoms with Gasteiger partial charge in [0, 0.05) is 13.5 Å². The van der Waals surface area contributed by atoms with Crippen molar-refractivity contribution < 1.29 is 14.7 Å². The van der Waals surface area contributed by atoms with Gasteiger partial charge in [0.25, 0.3) is 0 Å². The van der Waals surface area contributed by atoms with Crippen molar-refractivity contribution in [2.75, 3.05) is 0 Å². The number of aromatic nitrogens is 3. The van der Waals surface area contributed by atoms with Crippen molar-refractivity contribution in [2.45, 2.75) is 33.2 Å². The molecule has 1 amide bonds. The molecule has 0 saturated carbocycles. The average Bonchev–Trinajstić information content (AvgIpc) is 2.62. The van der Waals surface area contributed by atoms with Gasteiger partial charge in [0.1, 0.15) is 6.33 Å². The molecule has 0 aliphatic rings. The molecule has 1 aromatic heterocycles. The zero-order chi connectivity index (χ0) is 13.9. The first-order valence-corrected chi connectivity index (χ1v) is 5.60. The van der Waals surface area contributed by atoms with Crippen LogP contribution in [0.1, 0.15) is 39.1 Å². The van der Waals surface area contributed by atoms with Crippen LogP contribution in [-0.2, 0) is 16.6 Å². The normalized spacial score (nSPS) is 13.1. The Morgan fingerprint density at radius 3 is 2.61 bits per heavy atom. The van der Waals surface area contributed by atoms with Crippen molar-refractivity contribution in [1.29, 1.82) is 0 Å². The minimum Gasteiger partial charge on any atom is -0.481 e. The van der Waals surface area contributed by atoms with Crippen molar-refractivity contribution in [1.82, 2.24) is 20.1 Å². The van der Waals surface area contributed by atoms with E-state index in [4.69, 9.17) is 5.11 Å². The van der Waals surface area contributed by atoms with Crippen LogP contribution in [0.15, 0.2) is 6.33 Å². The molecular formula is C11H18N4O3. The van der Waals surface area contributed by atoms with Crippen LogP contribution in [0.3, 0.4) is 0 Å². The van der Waals surface area contributed by atoms with E-state index in [1.54, 1.807) is 24.9 Å². The second-order valence-corrected chi connectivity index (χ2v) is 4.96. The lowest BCUT2D eigenvalue weighted by molar-refractivity contribution is -0.149. The summed E-state index contributed by atoms with van der Waals surface area (Å²) in [7, 11) is 1.78. The molecule has 1 aromatic rings. The summed E-state index contributed by atoms with van der Waals surface area (Å²) in [6.07, 6.45) is 1.46. The number of aliphatic carboxylic acids is 1. The molecule has 0 aromatic carbocycles. The predicted molar refractivity (Wildman–Crippen MR) is 63.6 cm³/mol. The summed E-state index contributed by atoms with van der Waals surface area (Å²) in [5.74, 6) is -0.696. The lowest BCUT2D eigenvalue weighted by Gasteiger charge is -2.20. The van der Waals surface area contributed by atoms with Crippen LogP contribution in [0.2, 0.25) is 0 Å². The van der Waals surface area contributed by atoms with Gasteiger partial charge in [-0.3, -0.25) is 9.59 Å². The highest BCUT2D eigenvalue weighted by Crippen LogP contribution is 2.20. The Kier molecular flexibility index (Phi) is 4.05. The zero-order valence-electron chi connectivity index (χ0n) is 11.0. The number of hydrogen-bond acceptors (Lipinski definition) is 4. The summed E-state index contributed by atoms with van der Waals surface area (Å²) in [6.45, 7) is 4.81. The maximum Gasteiger partial charge on any atom is 0.309 e. The summed E-state index contributed by atoms with van der Waals surface area (Å²) in [6, 6.07) is -0.311. The molecule has 0 aliphatic heterocycles. The van der Waals surface area contributed by atoms with Crippen LogP contribution in [-0.4, -0.2) is 31.7 Å². The van der Waals surface area contributed by atoms with Gasteiger partial charge in [0.05, 0.1) is 11.5 Å². The average molecular weight is 254 g/mol. The molecule has 7 nitrogen and oxygen atoms in total. The van der Waals surface area contributed by atoms with E-state index in [0.29, 0.717) is 5.82 Å². The third kappa shape index (κ3) is 3.28. The predicted octanol–water partition coefficient (Wildman–Crippen LogP) is 0.493. The fraction of sp³-hybridized carbons (Fsp3) is 0.636. The van der Waals surface area contributed by atoms with Gasteiger partial charge in [-0.25, -0.2) is 0 Å². The third-order valence-corrected chi connectivity index (χ3v) is 2.69.